The highest BCUT2D eigenvalue weighted by molar-refractivity contribution is 6.47. The van der Waals surface area contributed by atoms with Crippen molar-refractivity contribution < 1.29 is 9.59 Å². The number of aromatic nitrogens is 2. The first kappa shape index (κ1) is 22.8. The molecule has 0 saturated carbocycles. The quantitative estimate of drug-likeness (QED) is 0.303. The van der Waals surface area contributed by atoms with Crippen molar-refractivity contribution in [2.75, 3.05) is 23.3 Å². The average molecular weight is 467 g/mol. The third-order valence-electron chi connectivity index (χ3n) is 7.57. The van der Waals surface area contributed by atoms with Crippen LogP contribution in [0, 0.1) is 10.8 Å². The van der Waals surface area contributed by atoms with Gasteiger partial charge in [0, 0.05) is 59.7 Å². The molecule has 6 heteroatoms. The smallest absolute Gasteiger partial charge is 0.298 e. The van der Waals surface area contributed by atoms with Gasteiger partial charge in [0.2, 0.25) is 0 Å². The molecule has 35 heavy (non-hydrogen) atoms. The second-order valence-corrected chi connectivity index (χ2v) is 10.6. The Hall–Kier alpha value is -3.93. The van der Waals surface area contributed by atoms with Gasteiger partial charge in [0.25, 0.3) is 11.7 Å². The molecule has 5 rings (SSSR count). The maximum atomic E-state index is 13.4. The van der Waals surface area contributed by atoms with Gasteiger partial charge in [-0.25, -0.2) is 0 Å². The normalized spacial score (nSPS) is 16.4. The van der Waals surface area contributed by atoms with E-state index in [1.165, 1.54) is 0 Å². The predicted molar refractivity (Wildman–Crippen MR) is 140 cm³/mol. The summed E-state index contributed by atoms with van der Waals surface area (Å²) in [5.41, 5.74) is 4.74. The number of anilines is 2. The van der Waals surface area contributed by atoms with E-state index in [4.69, 9.17) is 0 Å². The SMILES string of the molecule is CC1(C)CN(c2ccc(NC(=O)C(=O)c3c(-c4cccnc4)cc4ccccn34)cc2)CC1(C)C. The second kappa shape index (κ2) is 8.38. The minimum atomic E-state index is -0.671. The van der Waals surface area contributed by atoms with Crippen LogP contribution in [0.4, 0.5) is 11.4 Å². The van der Waals surface area contributed by atoms with Crippen molar-refractivity contribution in [3.05, 3.63) is 84.9 Å². The number of pyridine rings is 2. The van der Waals surface area contributed by atoms with E-state index in [1.54, 1.807) is 23.0 Å². The summed E-state index contributed by atoms with van der Waals surface area (Å²) in [6, 6.07) is 19.0. The molecule has 178 valence electrons. The zero-order chi connectivity index (χ0) is 24.8. The number of hydrogen-bond donors (Lipinski definition) is 1. The molecule has 0 spiro atoms. The molecule has 1 aliphatic rings. The zero-order valence-electron chi connectivity index (χ0n) is 20.6. The van der Waals surface area contributed by atoms with Gasteiger partial charge in [0.1, 0.15) is 5.69 Å². The van der Waals surface area contributed by atoms with E-state index in [9.17, 15) is 9.59 Å². The molecule has 4 aromatic rings. The van der Waals surface area contributed by atoms with Crippen LogP contribution in [0.1, 0.15) is 38.2 Å². The van der Waals surface area contributed by atoms with Crippen LogP contribution in [0.25, 0.3) is 16.6 Å². The average Bonchev–Trinajstić information content (AvgIpc) is 3.33. The number of hydrogen-bond acceptors (Lipinski definition) is 4. The van der Waals surface area contributed by atoms with E-state index >= 15 is 0 Å². The summed E-state index contributed by atoms with van der Waals surface area (Å²) in [5.74, 6) is -1.27. The molecule has 0 bridgehead atoms. The molecule has 1 aliphatic heterocycles. The van der Waals surface area contributed by atoms with Gasteiger partial charge < -0.3 is 14.6 Å². The van der Waals surface area contributed by atoms with Crippen molar-refractivity contribution in [1.29, 1.82) is 0 Å². The first-order valence-corrected chi connectivity index (χ1v) is 11.9. The Bertz CT molecular complexity index is 1390. The van der Waals surface area contributed by atoms with Crippen molar-refractivity contribution in [3.8, 4) is 11.1 Å². The van der Waals surface area contributed by atoms with Gasteiger partial charge >= 0.3 is 0 Å². The molecule has 1 amide bonds. The highest BCUT2D eigenvalue weighted by atomic mass is 16.2. The number of carbonyl (C=O) groups is 2. The molecule has 3 aromatic heterocycles. The number of benzene rings is 1. The number of rotatable bonds is 5. The van der Waals surface area contributed by atoms with Crippen LogP contribution < -0.4 is 10.2 Å². The summed E-state index contributed by atoms with van der Waals surface area (Å²) in [4.78, 5) is 33.0. The Morgan fingerprint density at radius 1 is 0.914 bits per heavy atom. The maximum absolute atomic E-state index is 13.4. The molecule has 6 nitrogen and oxygen atoms in total. The van der Waals surface area contributed by atoms with Crippen LogP contribution in [-0.4, -0.2) is 34.2 Å². The topological polar surface area (TPSA) is 66.7 Å². The Balaban J connectivity index is 1.38. The van der Waals surface area contributed by atoms with Gasteiger partial charge in [0.05, 0.1) is 0 Å². The Morgan fingerprint density at radius 2 is 1.63 bits per heavy atom. The number of nitrogens with one attached hydrogen (secondary N) is 1. The molecular formula is C29H30N4O2. The molecule has 1 fully saturated rings. The lowest BCUT2D eigenvalue weighted by atomic mass is 9.71. The molecule has 4 heterocycles. The lowest BCUT2D eigenvalue weighted by Crippen LogP contribution is -2.30. The minimum absolute atomic E-state index is 0.207. The number of Topliss-reactive ketones (excluding diaryl/α,β-unsaturated/α-hetero) is 1. The standard InChI is InChI=1S/C29H30N4O2/c1-28(2)18-32(19-29(28,3)4)22-12-10-21(11-13-22)31-27(35)26(34)25-24(20-8-7-14-30-17-20)16-23-9-5-6-15-33(23)25/h5-17H,18-19H2,1-4H3,(H,31,35). The molecular weight excluding hydrogens is 436 g/mol. The maximum Gasteiger partial charge on any atom is 0.298 e. The molecule has 0 atom stereocenters. The summed E-state index contributed by atoms with van der Waals surface area (Å²) >= 11 is 0. The van der Waals surface area contributed by atoms with Gasteiger partial charge in [-0.05, 0) is 59.4 Å². The fourth-order valence-corrected chi connectivity index (χ4v) is 4.77. The van der Waals surface area contributed by atoms with Gasteiger partial charge in [-0.2, -0.15) is 0 Å². The number of ketones is 1. The Morgan fingerprint density at radius 3 is 2.29 bits per heavy atom. The largest absolute Gasteiger partial charge is 0.370 e. The van der Waals surface area contributed by atoms with Gasteiger partial charge in [0.15, 0.2) is 0 Å². The van der Waals surface area contributed by atoms with Gasteiger partial charge in [-0.1, -0.05) is 39.8 Å². The first-order chi connectivity index (χ1) is 16.7. The van der Waals surface area contributed by atoms with Gasteiger partial charge in [-0.15, -0.1) is 0 Å². The molecule has 0 unspecified atom stereocenters. The van der Waals surface area contributed by atoms with Crippen LogP contribution in [-0.2, 0) is 4.79 Å². The summed E-state index contributed by atoms with van der Waals surface area (Å²) in [5, 5.41) is 2.79. The van der Waals surface area contributed by atoms with E-state index in [1.807, 2.05) is 60.7 Å². The fourth-order valence-electron chi connectivity index (χ4n) is 4.77. The highest BCUT2D eigenvalue weighted by Crippen LogP contribution is 2.46. The van der Waals surface area contributed by atoms with Crippen LogP contribution >= 0.6 is 0 Å². The summed E-state index contributed by atoms with van der Waals surface area (Å²) in [7, 11) is 0. The highest BCUT2D eigenvalue weighted by Gasteiger charge is 2.45. The van der Waals surface area contributed by atoms with E-state index < -0.39 is 11.7 Å². The first-order valence-electron chi connectivity index (χ1n) is 11.9. The number of amides is 1. The third-order valence-corrected chi connectivity index (χ3v) is 7.57. The predicted octanol–water partition coefficient (Wildman–Crippen LogP) is 5.70. The van der Waals surface area contributed by atoms with Crippen molar-refractivity contribution >= 4 is 28.6 Å². The zero-order valence-corrected chi connectivity index (χ0v) is 20.6. The minimum Gasteiger partial charge on any atom is -0.370 e. The van der Waals surface area contributed by atoms with Crippen molar-refractivity contribution in [3.63, 3.8) is 0 Å². The molecule has 1 N–H and O–H groups in total. The van der Waals surface area contributed by atoms with Crippen LogP contribution in [0.2, 0.25) is 0 Å². The summed E-state index contributed by atoms with van der Waals surface area (Å²) in [6.45, 7) is 11.2. The molecule has 0 radical (unpaired) electrons. The molecule has 1 aromatic carbocycles. The van der Waals surface area contributed by atoms with Crippen LogP contribution in [0.3, 0.4) is 0 Å². The van der Waals surface area contributed by atoms with E-state index in [0.717, 1.165) is 29.9 Å². The third kappa shape index (κ3) is 4.09. The Kier molecular flexibility index (Phi) is 5.47. The van der Waals surface area contributed by atoms with Crippen molar-refractivity contribution in [2.45, 2.75) is 27.7 Å². The number of carbonyl (C=O) groups excluding carboxylic acids is 2. The monoisotopic (exact) mass is 466 g/mol. The molecule has 0 aliphatic carbocycles. The van der Waals surface area contributed by atoms with Crippen LogP contribution in [0.5, 0.6) is 0 Å². The second-order valence-electron chi connectivity index (χ2n) is 10.6. The van der Waals surface area contributed by atoms with E-state index in [-0.39, 0.29) is 10.8 Å². The summed E-state index contributed by atoms with van der Waals surface area (Å²) in [6.07, 6.45) is 5.17. The molecule has 1 saturated heterocycles. The Labute approximate surface area is 205 Å². The lowest BCUT2D eigenvalue weighted by Gasteiger charge is -2.32. The summed E-state index contributed by atoms with van der Waals surface area (Å²) < 4.78 is 1.75. The van der Waals surface area contributed by atoms with E-state index in [0.29, 0.717) is 16.9 Å². The lowest BCUT2D eigenvalue weighted by molar-refractivity contribution is -0.112. The number of nitrogens with zero attached hydrogens (tertiary/aromatic N) is 3. The van der Waals surface area contributed by atoms with Crippen molar-refractivity contribution in [2.24, 2.45) is 10.8 Å². The van der Waals surface area contributed by atoms with Crippen LogP contribution in [0.15, 0.2) is 79.3 Å². The van der Waals surface area contributed by atoms with Gasteiger partial charge in [-0.3, -0.25) is 14.6 Å². The fraction of sp³-hybridized carbons (Fsp3) is 0.276. The number of fused-ring (bicyclic) bond motifs is 1. The van der Waals surface area contributed by atoms with E-state index in [2.05, 4.69) is 42.9 Å². The van der Waals surface area contributed by atoms with Crippen molar-refractivity contribution in [1.82, 2.24) is 9.38 Å².